The van der Waals surface area contributed by atoms with Crippen LogP contribution in [0.25, 0.3) is 21.8 Å². The summed E-state index contributed by atoms with van der Waals surface area (Å²) < 4.78 is 5.30. The van der Waals surface area contributed by atoms with E-state index in [-0.39, 0.29) is 25.5 Å². The molecule has 4 rings (SSSR count). The van der Waals surface area contributed by atoms with Crippen molar-refractivity contribution in [3.8, 4) is 0 Å². The molecule has 0 unspecified atom stereocenters. The highest BCUT2D eigenvalue weighted by molar-refractivity contribution is 6.32. The summed E-state index contributed by atoms with van der Waals surface area (Å²) in [7, 11) is 0. The number of carbonyl (C=O) groups excluding carboxylic acids is 2. The lowest BCUT2D eigenvalue weighted by atomic mass is 10.1. The third-order valence-corrected chi connectivity index (χ3v) is 5.32. The van der Waals surface area contributed by atoms with Gasteiger partial charge in [0.2, 0.25) is 0 Å². The van der Waals surface area contributed by atoms with E-state index in [0.717, 1.165) is 27.4 Å². The number of carbonyl (C=O) groups is 2. The van der Waals surface area contributed by atoms with Crippen LogP contribution in [0.1, 0.15) is 28.2 Å². The van der Waals surface area contributed by atoms with Gasteiger partial charge >= 0.3 is 5.97 Å². The molecule has 4 aromatic rings. The van der Waals surface area contributed by atoms with Crippen LogP contribution in [0.4, 0.5) is 0 Å². The summed E-state index contributed by atoms with van der Waals surface area (Å²) in [6.45, 7) is 2.02. The largest absolute Gasteiger partial charge is 0.459 e. The predicted molar refractivity (Wildman–Crippen MR) is 114 cm³/mol. The number of nitrogens with one attached hydrogen (secondary N) is 2. The average molecular weight is 423 g/mol. The summed E-state index contributed by atoms with van der Waals surface area (Å²) in [6.07, 6.45) is 0.0261. The number of H-pyrrole nitrogens is 1. The number of pyridine rings is 1. The molecule has 0 bridgehead atoms. The molecule has 0 spiro atoms. The molecule has 0 aliphatic heterocycles. The number of aromatic amines is 1. The number of amides is 1. The highest BCUT2D eigenvalue weighted by Crippen LogP contribution is 2.27. The van der Waals surface area contributed by atoms with Gasteiger partial charge < -0.3 is 10.1 Å². The van der Waals surface area contributed by atoms with Crippen molar-refractivity contribution < 1.29 is 14.3 Å². The molecule has 0 saturated carbocycles. The molecule has 30 heavy (non-hydrogen) atoms. The second kappa shape index (κ2) is 8.51. The number of esters is 1. The maximum Gasteiger partial charge on any atom is 0.307 e. The Morgan fingerprint density at radius 3 is 2.67 bits per heavy atom. The Bertz CT molecular complexity index is 1250. The van der Waals surface area contributed by atoms with Crippen LogP contribution >= 0.6 is 11.6 Å². The topological polar surface area (TPSA) is 97.0 Å². The molecule has 2 aromatic carbocycles. The first kappa shape index (κ1) is 19.8. The molecule has 2 N–H and O–H groups in total. The third-order valence-electron chi connectivity index (χ3n) is 4.82. The van der Waals surface area contributed by atoms with Crippen LogP contribution in [0.15, 0.2) is 48.5 Å². The summed E-state index contributed by atoms with van der Waals surface area (Å²) in [5, 5.41) is 11.7. The Kier molecular flexibility index (Phi) is 5.63. The maximum atomic E-state index is 12.3. The molecule has 7 nitrogen and oxygen atoms in total. The minimum absolute atomic E-state index is 0.0261. The number of aryl methyl sites for hydroxylation is 1. The van der Waals surface area contributed by atoms with Gasteiger partial charge in [0, 0.05) is 17.3 Å². The van der Waals surface area contributed by atoms with Gasteiger partial charge in [-0.3, -0.25) is 14.7 Å². The first-order chi connectivity index (χ1) is 14.5. The van der Waals surface area contributed by atoms with Crippen LogP contribution in [0.5, 0.6) is 0 Å². The Morgan fingerprint density at radius 1 is 1.10 bits per heavy atom. The van der Waals surface area contributed by atoms with E-state index in [9.17, 15) is 9.59 Å². The SMILES string of the molecule is Cc1c(Cl)c(COC(=O)CCNC(=O)c2n[nH]c3ccccc23)nc2ccccc12. The van der Waals surface area contributed by atoms with Crippen molar-refractivity contribution >= 4 is 45.3 Å². The average Bonchev–Trinajstić information content (AvgIpc) is 3.19. The summed E-state index contributed by atoms with van der Waals surface area (Å²) in [4.78, 5) is 28.9. The number of halogens is 1. The van der Waals surface area contributed by atoms with E-state index in [0.29, 0.717) is 16.4 Å². The van der Waals surface area contributed by atoms with Crippen molar-refractivity contribution in [3.05, 3.63) is 70.5 Å². The van der Waals surface area contributed by atoms with Crippen LogP contribution in [-0.2, 0) is 16.1 Å². The van der Waals surface area contributed by atoms with Gasteiger partial charge in [0.05, 0.1) is 28.2 Å². The molecular weight excluding hydrogens is 404 g/mol. The number of benzene rings is 2. The second-order valence-electron chi connectivity index (χ2n) is 6.80. The summed E-state index contributed by atoms with van der Waals surface area (Å²) >= 11 is 6.39. The number of hydrogen-bond donors (Lipinski definition) is 2. The van der Waals surface area contributed by atoms with E-state index in [1.807, 2.05) is 55.5 Å². The number of ether oxygens (including phenoxy) is 1. The minimum Gasteiger partial charge on any atom is -0.459 e. The van der Waals surface area contributed by atoms with Crippen molar-refractivity contribution in [2.45, 2.75) is 20.0 Å². The van der Waals surface area contributed by atoms with Crippen molar-refractivity contribution in [1.29, 1.82) is 0 Å². The van der Waals surface area contributed by atoms with Crippen molar-refractivity contribution in [1.82, 2.24) is 20.5 Å². The highest BCUT2D eigenvalue weighted by Gasteiger charge is 2.15. The van der Waals surface area contributed by atoms with Gasteiger partial charge in [-0.1, -0.05) is 48.0 Å². The van der Waals surface area contributed by atoms with Crippen LogP contribution < -0.4 is 5.32 Å². The van der Waals surface area contributed by atoms with Crippen LogP contribution in [0.2, 0.25) is 5.02 Å². The zero-order chi connectivity index (χ0) is 21.1. The Balaban J connectivity index is 1.32. The lowest BCUT2D eigenvalue weighted by molar-refractivity contribution is -0.144. The first-order valence-corrected chi connectivity index (χ1v) is 9.83. The quantitative estimate of drug-likeness (QED) is 0.459. The molecule has 0 aliphatic carbocycles. The van der Waals surface area contributed by atoms with Gasteiger partial charge in [0.1, 0.15) is 6.61 Å². The minimum atomic E-state index is -0.453. The smallest absolute Gasteiger partial charge is 0.307 e. The zero-order valence-corrected chi connectivity index (χ0v) is 17.0. The molecule has 0 aliphatic rings. The molecule has 0 radical (unpaired) electrons. The molecule has 152 valence electrons. The summed E-state index contributed by atoms with van der Waals surface area (Å²) in [5.74, 6) is -0.805. The highest BCUT2D eigenvalue weighted by atomic mass is 35.5. The van der Waals surface area contributed by atoms with Crippen molar-refractivity contribution in [2.75, 3.05) is 6.54 Å². The predicted octanol–water partition coefficient (Wildman–Crippen LogP) is 3.94. The standard InChI is InChI=1S/C22H19ClN4O3/c1-13-14-6-2-4-8-16(14)25-18(20(13)23)12-30-19(28)10-11-24-22(29)21-15-7-3-5-9-17(15)26-27-21/h2-9H,10-12H2,1H3,(H,24,29)(H,26,27). The third kappa shape index (κ3) is 3.97. The van der Waals surface area contributed by atoms with Crippen molar-refractivity contribution in [2.24, 2.45) is 0 Å². The van der Waals surface area contributed by atoms with E-state index < -0.39 is 5.97 Å². The van der Waals surface area contributed by atoms with E-state index in [4.69, 9.17) is 16.3 Å². The number of aromatic nitrogens is 3. The van der Waals surface area contributed by atoms with Crippen molar-refractivity contribution in [3.63, 3.8) is 0 Å². The number of nitrogens with zero attached hydrogens (tertiary/aromatic N) is 2. The first-order valence-electron chi connectivity index (χ1n) is 9.45. The zero-order valence-electron chi connectivity index (χ0n) is 16.2. The number of rotatable bonds is 6. The fourth-order valence-corrected chi connectivity index (χ4v) is 3.43. The lowest BCUT2D eigenvalue weighted by Crippen LogP contribution is -2.27. The Labute approximate surface area is 177 Å². The molecular formula is C22H19ClN4O3. The van der Waals surface area contributed by atoms with Gasteiger partial charge in [0.25, 0.3) is 5.91 Å². The molecule has 0 atom stereocenters. The molecule has 8 heteroatoms. The molecule has 2 aromatic heterocycles. The number of hydrogen-bond acceptors (Lipinski definition) is 5. The van der Waals surface area contributed by atoms with Gasteiger partial charge in [0.15, 0.2) is 5.69 Å². The summed E-state index contributed by atoms with van der Waals surface area (Å²) in [6, 6.07) is 15.0. The Morgan fingerprint density at radius 2 is 1.83 bits per heavy atom. The van der Waals surface area contributed by atoms with Gasteiger partial charge in [-0.15, -0.1) is 0 Å². The Hall–Kier alpha value is -3.45. The molecule has 2 heterocycles. The van der Waals surface area contributed by atoms with Crippen LogP contribution in [-0.4, -0.2) is 33.6 Å². The molecule has 0 fully saturated rings. The lowest BCUT2D eigenvalue weighted by Gasteiger charge is -2.11. The van der Waals surface area contributed by atoms with Gasteiger partial charge in [-0.25, -0.2) is 4.98 Å². The van der Waals surface area contributed by atoms with E-state index in [1.165, 1.54) is 0 Å². The van der Waals surface area contributed by atoms with Gasteiger partial charge in [-0.2, -0.15) is 5.10 Å². The van der Waals surface area contributed by atoms with Crippen LogP contribution in [0.3, 0.4) is 0 Å². The maximum absolute atomic E-state index is 12.3. The molecule has 1 amide bonds. The monoisotopic (exact) mass is 422 g/mol. The number of fused-ring (bicyclic) bond motifs is 2. The van der Waals surface area contributed by atoms with E-state index >= 15 is 0 Å². The molecule has 0 saturated heterocycles. The second-order valence-corrected chi connectivity index (χ2v) is 7.18. The van der Waals surface area contributed by atoms with E-state index in [1.54, 1.807) is 0 Å². The van der Waals surface area contributed by atoms with Gasteiger partial charge in [-0.05, 0) is 24.6 Å². The fraction of sp³-hybridized carbons (Fsp3) is 0.182. The number of para-hydroxylation sites is 2. The summed E-state index contributed by atoms with van der Waals surface area (Å²) in [5.41, 5.74) is 3.27. The van der Waals surface area contributed by atoms with Crippen LogP contribution in [0, 0.1) is 6.92 Å². The van der Waals surface area contributed by atoms with E-state index in [2.05, 4.69) is 20.5 Å². The fourth-order valence-electron chi connectivity index (χ4n) is 3.23. The normalized spacial score (nSPS) is 11.0.